The lowest BCUT2D eigenvalue weighted by atomic mass is 9.94. The molecule has 0 aromatic rings. The molecule has 6 aliphatic rings. The van der Waals surface area contributed by atoms with E-state index in [1.165, 1.54) is 167 Å². The summed E-state index contributed by atoms with van der Waals surface area (Å²) >= 11 is 0. The van der Waals surface area contributed by atoms with E-state index in [0.717, 1.165) is 58.3 Å². The standard InChI is InChI=1S/C82H150N2O32/c1-5-7-9-11-13-15-17-19-20-21-22-23-24-25-26-27-28-30-32-34-36-38-40-42-58(92)84-51(52(91)41-39-37-35-33-31-29-18-16-14-12-10-8-6-2)48-105-78-70(103)67(100)73(57(47-89)111-78)112-81-71(104)74(62(95)54(44-86)108-81)114-77-59(83-50(4)90)64(97)72(56(46-88)110-77)113-82-76(116-79-68(101)65(98)60(93)49(3)106-79)75(63(96)55(45-87)109-82)115-80-69(102)66(99)61(94)53(43-85)107-80/h39,41,49,51-57,59-82,85-89,91,93-104H,5-38,40,42-48H2,1-4H3,(H,83,90)(H,84,92)/b41-39+/t49?,51-,52+,53?,54?,55?,56?,57?,59?,60+,61-,62-,63-,64+,65?,66-,67+,68-,69?,70?,71?,72+,73+,74-,75-,76?,77-,78+,79+,80+,81-,82-/m0/s1. The van der Waals surface area contributed by atoms with Crippen LogP contribution in [0.2, 0.25) is 0 Å². The van der Waals surface area contributed by atoms with Crippen molar-refractivity contribution in [2.45, 2.75) is 455 Å². The zero-order chi connectivity index (χ0) is 84.6. The van der Waals surface area contributed by atoms with Crippen molar-refractivity contribution in [2.24, 2.45) is 0 Å². The zero-order valence-corrected chi connectivity index (χ0v) is 69.1. The summed E-state index contributed by atoms with van der Waals surface area (Å²) < 4.78 is 71.7. The summed E-state index contributed by atoms with van der Waals surface area (Å²) in [7, 11) is 0. The molecule has 0 spiro atoms. The molecule has 20 N–H and O–H groups in total. The molecule has 6 saturated heterocycles. The number of hydrogen-bond donors (Lipinski definition) is 20. The van der Waals surface area contributed by atoms with Gasteiger partial charge in [-0.1, -0.05) is 231 Å². The summed E-state index contributed by atoms with van der Waals surface area (Å²) in [5.74, 6) is -1.22. The Labute approximate surface area is 685 Å². The summed E-state index contributed by atoms with van der Waals surface area (Å²) in [6.45, 7) is 1.30. The van der Waals surface area contributed by atoms with E-state index in [0.29, 0.717) is 12.8 Å². The molecule has 0 bridgehead atoms. The lowest BCUT2D eigenvalue weighted by Gasteiger charge is -2.51. The molecule has 34 nitrogen and oxygen atoms in total. The number of amides is 2. The van der Waals surface area contributed by atoms with Crippen LogP contribution in [0, 0.1) is 0 Å². The fraction of sp³-hybridized carbons (Fsp3) is 0.951. The summed E-state index contributed by atoms with van der Waals surface area (Å²) in [4.78, 5) is 26.7. The van der Waals surface area contributed by atoms with Crippen LogP contribution >= 0.6 is 0 Å². The van der Waals surface area contributed by atoms with Crippen molar-refractivity contribution in [1.82, 2.24) is 10.6 Å². The van der Waals surface area contributed by atoms with E-state index in [-0.39, 0.29) is 12.3 Å². The van der Waals surface area contributed by atoms with Crippen LogP contribution in [0.5, 0.6) is 0 Å². The fourth-order valence-corrected chi connectivity index (χ4v) is 16.0. The fourth-order valence-electron chi connectivity index (χ4n) is 16.0. The van der Waals surface area contributed by atoms with Gasteiger partial charge in [0.05, 0.1) is 57.9 Å². The summed E-state index contributed by atoms with van der Waals surface area (Å²) in [6.07, 6.45) is -11.3. The molecule has 0 radical (unpaired) electrons. The first kappa shape index (κ1) is 102. The minimum atomic E-state index is -2.21. The predicted molar refractivity (Wildman–Crippen MR) is 418 cm³/mol. The minimum Gasteiger partial charge on any atom is -0.394 e. The Bertz CT molecular complexity index is 2600. The van der Waals surface area contributed by atoms with Crippen LogP contribution in [-0.4, -0.2) is 340 Å². The molecule has 34 heteroatoms. The van der Waals surface area contributed by atoms with Gasteiger partial charge in [-0.15, -0.1) is 0 Å². The first-order valence-corrected chi connectivity index (χ1v) is 43.8. The van der Waals surface area contributed by atoms with Gasteiger partial charge in [-0.3, -0.25) is 9.59 Å². The number of carbonyl (C=O) groups excluding carboxylic acids is 2. The SMILES string of the molecule is CCCCCCCCCCCCC/C=C/[C@@H](O)[C@H](CO[C@@H]1OC(CO)[C@@H](O[C@@H]2OC(CO)[C@H](O)[C@H](O[C@@H]3OC(CO)[C@@H](O[C@@H]4OC(CO)[C@H](O)[C@H](O[C@H]5OC(CO)[C@H](O)[C@H](O)C5O)C4O[C@H]4OC(C)[C@@H](O)C(O)[C@@H]4O)[C@H](O)C3NC(C)=O)C2O)[C@H](O)C1O)NC(=O)CCCCCCCCCCCCCCCCCCCCCCCCC. The summed E-state index contributed by atoms with van der Waals surface area (Å²) in [5, 5.41) is 206. The largest absolute Gasteiger partial charge is 0.394 e. The molecule has 32 atom stereocenters. The molecule has 0 saturated carbocycles. The van der Waals surface area contributed by atoms with Crippen LogP contribution in [0.25, 0.3) is 0 Å². The van der Waals surface area contributed by atoms with Crippen molar-refractivity contribution >= 4 is 11.8 Å². The van der Waals surface area contributed by atoms with Gasteiger partial charge >= 0.3 is 0 Å². The molecule has 0 aromatic carbocycles. The van der Waals surface area contributed by atoms with Crippen molar-refractivity contribution in [3.05, 3.63) is 12.2 Å². The molecular formula is C82H150N2O32. The molecule has 6 fully saturated rings. The number of nitrogens with one attached hydrogen (secondary N) is 2. The Balaban J connectivity index is 1.07. The predicted octanol–water partition coefficient (Wildman–Crippen LogP) is 1.58. The van der Waals surface area contributed by atoms with Crippen LogP contribution < -0.4 is 10.6 Å². The number of allylic oxidation sites excluding steroid dienone is 1. The van der Waals surface area contributed by atoms with Gasteiger partial charge in [0.2, 0.25) is 11.8 Å². The van der Waals surface area contributed by atoms with Gasteiger partial charge < -0.3 is 159 Å². The molecule has 6 aliphatic heterocycles. The highest BCUT2D eigenvalue weighted by atomic mass is 16.8. The molecule has 12 unspecified atom stereocenters. The molecule has 2 amide bonds. The second-order valence-corrected chi connectivity index (χ2v) is 32.7. The van der Waals surface area contributed by atoms with E-state index in [4.69, 9.17) is 56.8 Å². The molecule has 116 heavy (non-hydrogen) atoms. The molecule has 680 valence electrons. The quantitative estimate of drug-likeness (QED) is 0.0304. The van der Waals surface area contributed by atoms with E-state index in [2.05, 4.69) is 24.5 Å². The lowest BCUT2D eigenvalue weighted by molar-refractivity contribution is -0.405. The minimum absolute atomic E-state index is 0.177. The number of aliphatic hydroxyl groups excluding tert-OH is 18. The maximum Gasteiger partial charge on any atom is 0.220 e. The van der Waals surface area contributed by atoms with Crippen molar-refractivity contribution < 1.29 is 158 Å². The van der Waals surface area contributed by atoms with Crippen molar-refractivity contribution in [1.29, 1.82) is 0 Å². The topological polar surface area (TPSA) is 533 Å². The third-order valence-corrected chi connectivity index (χ3v) is 23.3. The van der Waals surface area contributed by atoms with Gasteiger partial charge in [-0.25, -0.2) is 0 Å². The Kier molecular flexibility index (Phi) is 49.7. The Hall–Kier alpha value is -2.52. The smallest absolute Gasteiger partial charge is 0.220 e. The van der Waals surface area contributed by atoms with E-state index in [1.807, 2.05) is 6.08 Å². The first-order valence-electron chi connectivity index (χ1n) is 43.8. The summed E-state index contributed by atoms with van der Waals surface area (Å²) in [5.41, 5.74) is 0. The number of aliphatic hydroxyl groups is 18. The molecule has 6 rings (SSSR count). The highest BCUT2D eigenvalue weighted by molar-refractivity contribution is 5.76. The number of hydrogen-bond acceptors (Lipinski definition) is 32. The van der Waals surface area contributed by atoms with Crippen LogP contribution in [0.3, 0.4) is 0 Å². The van der Waals surface area contributed by atoms with Crippen LogP contribution in [0.1, 0.15) is 259 Å². The normalized spacial score (nSPS) is 36.4. The molecule has 6 heterocycles. The van der Waals surface area contributed by atoms with Gasteiger partial charge in [0.15, 0.2) is 37.7 Å². The van der Waals surface area contributed by atoms with Gasteiger partial charge in [-0.2, -0.15) is 0 Å². The zero-order valence-electron chi connectivity index (χ0n) is 69.1. The average molecular weight is 1680 g/mol. The third kappa shape index (κ3) is 32.5. The summed E-state index contributed by atoms with van der Waals surface area (Å²) in [6, 6.07) is -2.94. The molecular weight excluding hydrogens is 1520 g/mol. The van der Waals surface area contributed by atoms with Gasteiger partial charge in [0.1, 0.15) is 140 Å². The van der Waals surface area contributed by atoms with E-state index in [1.54, 1.807) is 6.08 Å². The number of carbonyl (C=O) groups is 2. The monoisotopic (exact) mass is 1680 g/mol. The van der Waals surface area contributed by atoms with E-state index < -0.39 is 242 Å². The van der Waals surface area contributed by atoms with Crippen molar-refractivity contribution in [3.63, 3.8) is 0 Å². The van der Waals surface area contributed by atoms with E-state index in [9.17, 15) is 102 Å². The molecule has 0 aliphatic carbocycles. The highest BCUT2D eigenvalue weighted by Gasteiger charge is 2.59. The van der Waals surface area contributed by atoms with Crippen LogP contribution in [0.15, 0.2) is 12.2 Å². The Morgan fingerprint density at radius 1 is 0.353 bits per heavy atom. The average Bonchev–Trinajstić information content (AvgIpc) is 0.764. The Morgan fingerprint density at radius 3 is 1.18 bits per heavy atom. The third-order valence-electron chi connectivity index (χ3n) is 23.3. The van der Waals surface area contributed by atoms with Gasteiger partial charge in [0.25, 0.3) is 0 Å². The van der Waals surface area contributed by atoms with Crippen molar-refractivity contribution in [3.8, 4) is 0 Å². The van der Waals surface area contributed by atoms with Crippen LogP contribution in [-0.2, 0) is 66.4 Å². The second kappa shape index (κ2) is 56.4. The second-order valence-electron chi connectivity index (χ2n) is 32.7. The maximum atomic E-state index is 13.6. The molecule has 0 aromatic heterocycles. The van der Waals surface area contributed by atoms with Crippen molar-refractivity contribution in [2.75, 3.05) is 39.6 Å². The first-order chi connectivity index (χ1) is 55.9. The Morgan fingerprint density at radius 2 is 0.707 bits per heavy atom. The number of unbranched alkanes of at least 4 members (excludes halogenated alkanes) is 33. The van der Waals surface area contributed by atoms with Crippen LogP contribution in [0.4, 0.5) is 0 Å². The van der Waals surface area contributed by atoms with Gasteiger partial charge in [-0.05, 0) is 26.2 Å². The number of rotatable bonds is 58. The van der Waals surface area contributed by atoms with E-state index >= 15 is 0 Å². The lowest BCUT2D eigenvalue weighted by Crippen LogP contribution is -2.70. The highest BCUT2D eigenvalue weighted by Crippen LogP contribution is 2.39. The maximum absolute atomic E-state index is 13.6. The number of ether oxygens (including phenoxy) is 12. The van der Waals surface area contributed by atoms with Gasteiger partial charge in [0, 0.05) is 13.3 Å².